The summed E-state index contributed by atoms with van der Waals surface area (Å²) in [6.07, 6.45) is -9.52. The lowest BCUT2D eigenvalue weighted by Gasteiger charge is -2.19. The second-order valence-electron chi connectivity index (χ2n) is 11.0. The number of ether oxygens (including phenoxy) is 5. The lowest BCUT2D eigenvalue weighted by molar-refractivity contribution is -0.185. The summed E-state index contributed by atoms with van der Waals surface area (Å²) in [5.74, 6) is -2.34. The van der Waals surface area contributed by atoms with Gasteiger partial charge in [-0.2, -0.15) is 22.0 Å². The molecule has 0 atom stereocenters. The van der Waals surface area contributed by atoms with Crippen molar-refractivity contribution in [2.24, 2.45) is 0 Å². The molecule has 51 heavy (non-hydrogen) atoms. The second kappa shape index (κ2) is 18.8. The van der Waals surface area contributed by atoms with Gasteiger partial charge in [0.05, 0.1) is 29.9 Å². The summed E-state index contributed by atoms with van der Waals surface area (Å²) in [5, 5.41) is 18.0. The Morgan fingerprint density at radius 2 is 1.22 bits per heavy atom. The number of hydrogen-bond acceptors (Lipinski definition) is 9. The molecule has 0 bridgehead atoms. The van der Waals surface area contributed by atoms with Crippen molar-refractivity contribution in [2.45, 2.75) is 38.0 Å². The van der Waals surface area contributed by atoms with E-state index in [1.807, 2.05) is 0 Å². The smallest absolute Gasteiger partial charge is 0.426 e. The van der Waals surface area contributed by atoms with Gasteiger partial charge in [-0.25, -0.2) is 14.0 Å². The van der Waals surface area contributed by atoms with Crippen molar-refractivity contribution in [3.63, 3.8) is 0 Å². The van der Waals surface area contributed by atoms with Crippen LogP contribution in [0.1, 0.15) is 30.4 Å². The second-order valence-corrected chi connectivity index (χ2v) is 11.0. The quantitative estimate of drug-likeness (QED) is 0.0559. The minimum Gasteiger partial charge on any atom is -0.490 e. The van der Waals surface area contributed by atoms with Crippen molar-refractivity contribution < 1.29 is 69.8 Å². The maximum Gasteiger partial charge on any atom is 0.426 e. The number of unbranched alkanes of at least 4 members (excludes halogenated alkanes) is 1. The monoisotopic (exact) mass is 726 g/mol. The fourth-order valence-corrected chi connectivity index (χ4v) is 4.32. The number of aliphatic hydroxyl groups is 2. The van der Waals surface area contributed by atoms with Crippen LogP contribution < -0.4 is 14.2 Å². The van der Waals surface area contributed by atoms with Crippen LogP contribution in [0.25, 0.3) is 11.1 Å². The number of esters is 2. The maximum atomic E-state index is 15.0. The molecule has 3 aromatic rings. The number of carbonyl (C=O) groups excluding carboxylic acids is 2. The number of alkyl halides is 5. The number of rotatable bonds is 20. The number of hydrogen-bond donors (Lipinski definition) is 2. The van der Waals surface area contributed by atoms with E-state index in [-0.39, 0.29) is 79.6 Å². The van der Waals surface area contributed by atoms with E-state index >= 15 is 8.78 Å². The number of benzene rings is 3. The Bertz CT molecular complexity index is 1600. The van der Waals surface area contributed by atoms with Gasteiger partial charge in [0.1, 0.15) is 49.5 Å². The maximum absolute atomic E-state index is 15.0. The molecule has 0 heterocycles. The van der Waals surface area contributed by atoms with Crippen molar-refractivity contribution >= 4 is 11.9 Å². The molecule has 3 aromatic carbocycles. The standard InChI is InChI=1S/C36H36F6O9/c1-23(21-43)33(45)49-15-13-47-30-17-27(18-31(20-30)48-14-16-50-34(46)24(2)22-44)25-7-10-29(11-8-25)51-36(41,42)28-9-6-26(32(37)19-28)5-3-4-12-35(38,39)40/h6-11,17-20,43-44H,1-5,12-16,21-22H2. The van der Waals surface area contributed by atoms with Crippen LogP contribution >= 0.6 is 0 Å². The Morgan fingerprint density at radius 3 is 1.71 bits per heavy atom. The number of halogens is 6. The van der Waals surface area contributed by atoms with E-state index in [2.05, 4.69) is 13.2 Å². The summed E-state index contributed by atoms with van der Waals surface area (Å²) in [6, 6.07) is 12.7. The van der Waals surface area contributed by atoms with E-state index in [1.165, 1.54) is 30.3 Å². The van der Waals surface area contributed by atoms with Crippen LogP contribution in [0.2, 0.25) is 0 Å². The molecule has 0 unspecified atom stereocenters. The largest absolute Gasteiger partial charge is 0.490 e. The highest BCUT2D eigenvalue weighted by atomic mass is 19.4. The summed E-state index contributed by atoms with van der Waals surface area (Å²) >= 11 is 0. The molecule has 0 aliphatic carbocycles. The first-order valence-corrected chi connectivity index (χ1v) is 15.5. The lowest BCUT2D eigenvalue weighted by atomic mass is 10.0. The van der Waals surface area contributed by atoms with Gasteiger partial charge in [0.25, 0.3) is 0 Å². The zero-order valence-corrected chi connectivity index (χ0v) is 27.3. The van der Waals surface area contributed by atoms with Crippen molar-refractivity contribution in [2.75, 3.05) is 39.6 Å². The van der Waals surface area contributed by atoms with Gasteiger partial charge in [0.15, 0.2) is 0 Å². The molecule has 0 aliphatic rings. The van der Waals surface area contributed by atoms with Gasteiger partial charge >= 0.3 is 24.2 Å². The number of aliphatic hydroxyl groups excluding tert-OH is 2. The SMILES string of the molecule is C=C(CO)C(=O)OCCOc1cc(OCCOC(=O)C(=C)CO)cc(-c2ccc(OC(F)(F)c3ccc(CCCCC(F)(F)F)c(F)c3)cc2)c1. The predicted octanol–water partition coefficient (Wildman–Crippen LogP) is 6.84. The molecule has 0 spiro atoms. The third-order valence-electron chi connectivity index (χ3n) is 6.99. The first-order valence-electron chi connectivity index (χ1n) is 15.5. The van der Waals surface area contributed by atoms with Gasteiger partial charge in [-0.3, -0.25) is 0 Å². The van der Waals surface area contributed by atoms with Gasteiger partial charge in [0.2, 0.25) is 0 Å². The summed E-state index contributed by atoms with van der Waals surface area (Å²) < 4.78 is 108. The molecule has 0 saturated carbocycles. The minimum absolute atomic E-state index is 0.0119. The van der Waals surface area contributed by atoms with E-state index < -0.39 is 55.2 Å². The summed E-state index contributed by atoms with van der Waals surface area (Å²) in [6.45, 7) is 5.03. The Kier molecular flexibility index (Phi) is 14.9. The summed E-state index contributed by atoms with van der Waals surface area (Å²) in [4.78, 5) is 23.4. The molecule has 2 N–H and O–H groups in total. The first-order chi connectivity index (χ1) is 24.1. The average molecular weight is 727 g/mol. The Labute approximate surface area is 289 Å². The van der Waals surface area contributed by atoms with Gasteiger partial charge in [-0.1, -0.05) is 31.4 Å². The van der Waals surface area contributed by atoms with Crippen LogP contribution in [-0.2, 0) is 31.6 Å². The third kappa shape index (κ3) is 13.3. The fourth-order valence-electron chi connectivity index (χ4n) is 4.32. The van der Waals surface area contributed by atoms with E-state index in [9.17, 15) is 27.2 Å². The molecule has 0 saturated heterocycles. The first kappa shape index (κ1) is 40.4. The molecule has 15 heteroatoms. The Hall–Kier alpha value is -5.02. The zero-order valence-electron chi connectivity index (χ0n) is 27.3. The van der Waals surface area contributed by atoms with Crippen molar-refractivity contribution in [3.8, 4) is 28.4 Å². The van der Waals surface area contributed by atoms with Crippen LogP contribution in [-0.4, -0.2) is 68.0 Å². The molecule has 0 amide bonds. The van der Waals surface area contributed by atoms with E-state index in [0.717, 1.165) is 12.1 Å². The zero-order chi connectivity index (χ0) is 37.6. The van der Waals surface area contributed by atoms with Crippen LogP contribution in [0.3, 0.4) is 0 Å². The van der Waals surface area contributed by atoms with Crippen molar-refractivity contribution in [3.05, 3.63) is 102 Å². The lowest BCUT2D eigenvalue weighted by Crippen LogP contribution is -2.22. The molecular formula is C36H36F6O9. The van der Waals surface area contributed by atoms with Crippen LogP contribution in [0, 0.1) is 5.82 Å². The highest BCUT2D eigenvalue weighted by Crippen LogP contribution is 2.35. The predicted molar refractivity (Wildman–Crippen MR) is 172 cm³/mol. The molecule has 0 fully saturated rings. The van der Waals surface area contributed by atoms with Gasteiger partial charge < -0.3 is 33.9 Å². The summed E-state index contributed by atoms with van der Waals surface area (Å²) in [7, 11) is 0. The topological polar surface area (TPSA) is 121 Å². The summed E-state index contributed by atoms with van der Waals surface area (Å²) in [5.41, 5.74) is -0.0567. The van der Waals surface area contributed by atoms with Crippen LogP contribution in [0.5, 0.6) is 17.2 Å². The van der Waals surface area contributed by atoms with Crippen molar-refractivity contribution in [1.29, 1.82) is 0 Å². The third-order valence-corrected chi connectivity index (χ3v) is 6.99. The molecule has 0 aliphatic heterocycles. The molecule has 0 aromatic heterocycles. The molecule has 3 rings (SSSR count). The molecule has 276 valence electrons. The normalized spacial score (nSPS) is 11.5. The number of aryl methyl sites for hydroxylation is 1. The molecular weight excluding hydrogens is 690 g/mol. The van der Waals surface area contributed by atoms with Gasteiger partial charge in [-0.05, 0) is 72.4 Å². The molecule has 9 nitrogen and oxygen atoms in total. The highest BCUT2D eigenvalue weighted by Gasteiger charge is 2.35. The average Bonchev–Trinajstić information content (AvgIpc) is 3.09. The Balaban J connectivity index is 1.71. The van der Waals surface area contributed by atoms with Gasteiger partial charge in [-0.15, -0.1) is 0 Å². The van der Waals surface area contributed by atoms with Crippen LogP contribution in [0.15, 0.2) is 85.0 Å². The molecule has 0 radical (unpaired) electrons. The van der Waals surface area contributed by atoms with E-state index in [0.29, 0.717) is 17.2 Å². The van der Waals surface area contributed by atoms with Crippen molar-refractivity contribution in [1.82, 2.24) is 0 Å². The van der Waals surface area contributed by atoms with E-state index in [1.54, 1.807) is 12.1 Å². The highest BCUT2D eigenvalue weighted by molar-refractivity contribution is 5.88. The van der Waals surface area contributed by atoms with Crippen LogP contribution in [0.4, 0.5) is 26.3 Å². The minimum atomic E-state index is -4.33. The van der Waals surface area contributed by atoms with Gasteiger partial charge in [0, 0.05) is 12.5 Å². The number of carbonyl (C=O) groups is 2. The Morgan fingerprint density at radius 1 is 0.667 bits per heavy atom. The fraction of sp³-hybridized carbons (Fsp3) is 0.333. The van der Waals surface area contributed by atoms with E-state index in [4.69, 9.17) is 33.9 Å².